The summed E-state index contributed by atoms with van der Waals surface area (Å²) < 4.78 is 5.91. The van der Waals surface area contributed by atoms with Crippen molar-refractivity contribution < 1.29 is 4.74 Å². The Hall–Kier alpha value is -3.05. The molecule has 0 bridgehead atoms. The zero-order valence-corrected chi connectivity index (χ0v) is 13.7. The number of benzene rings is 3. The average Bonchev–Trinajstić information content (AvgIpc) is 2.67. The predicted molar refractivity (Wildman–Crippen MR) is 96.7 cm³/mol. The Labute approximate surface area is 143 Å². The lowest BCUT2D eigenvalue weighted by Crippen LogP contribution is -1.97. The number of nitriles is 1. The van der Waals surface area contributed by atoms with Crippen LogP contribution in [-0.4, -0.2) is 0 Å². The summed E-state index contributed by atoms with van der Waals surface area (Å²) in [5.74, 6) is 0.626. The number of nitrogens with zero attached hydrogens (tertiary/aromatic N) is 1. The van der Waals surface area contributed by atoms with E-state index in [9.17, 15) is 5.26 Å². The summed E-state index contributed by atoms with van der Waals surface area (Å²) in [4.78, 5) is 0. The first-order valence-corrected chi connectivity index (χ1v) is 8.10. The summed E-state index contributed by atoms with van der Waals surface area (Å²) >= 11 is 0. The molecule has 0 unspecified atom stereocenters. The molecule has 118 valence electrons. The third-order valence-corrected chi connectivity index (χ3v) is 4.01. The monoisotopic (exact) mass is 313 g/mol. The van der Waals surface area contributed by atoms with Crippen LogP contribution in [0.5, 0.6) is 5.75 Å². The van der Waals surface area contributed by atoms with Gasteiger partial charge in [0.15, 0.2) is 0 Å². The molecule has 0 N–H and O–H groups in total. The molecular formula is C22H19NO. The lowest BCUT2D eigenvalue weighted by molar-refractivity contribution is 0.305. The van der Waals surface area contributed by atoms with Gasteiger partial charge < -0.3 is 4.74 Å². The molecule has 0 spiro atoms. The molecule has 3 aromatic rings. The minimum Gasteiger partial charge on any atom is -0.488 e. The van der Waals surface area contributed by atoms with E-state index >= 15 is 0 Å². The van der Waals surface area contributed by atoms with Gasteiger partial charge in [-0.05, 0) is 40.8 Å². The molecule has 3 aromatic carbocycles. The van der Waals surface area contributed by atoms with Gasteiger partial charge in [-0.3, -0.25) is 0 Å². The highest BCUT2D eigenvalue weighted by Crippen LogP contribution is 2.28. The molecular weight excluding hydrogens is 294 g/mol. The van der Waals surface area contributed by atoms with Gasteiger partial charge in [-0.25, -0.2) is 0 Å². The van der Waals surface area contributed by atoms with Gasteiger partial charge in [0.1, 0.15) is 18.4 Å². The number of hydrogen-bond acceptors (Lipinski definition) is 2. The van der Waals surface area contributed by atoms with Crippen LogP contribution < -0.4 is 4.74 Å². The molecule has 0 aromatic heterocycles. The topological polar surface area (TPSA) is 33.0 Å². The summed E-state index contributed by atoms with van der Waals surface area (Å²) in [5.41, 5.74) is 5.14. The molecule has 24 heavy (non-hydrogen) atoms. The molecule has 0 amide bonds. The van der Waals surface area contributed by atoms with Crippen LogP contribution >= 0.6 is 0 Å². The highest BCUT2D eigenvalue weighted by molar-refractivity contribution is 5.67. The standard InChI is InChI=1S/C22H19NO/c1-2-17-9-6-10-19(13-17)20-11-12-21(15-23)22(14-20)24-16-18-7-4-3-5-8-18/h3-14H,2,16H2,1H3. The molecule has 0 heterocycles. The van der Waals surface area contributed by atoms with Crippen molar-refractivity contribution in [2.45, 2.75) is 20.0 Å². The van der Waals surface area contributed by atoms with E-state index in [1.807, 2.05) is 48.5 Å². The van der Waals surface area contributed by atoms with Gasteiger partial charge in [-0.15, -0.1) is 0 Å². The van der Waals surface area contributed by atoms with E-state index in [1.165, 1.54) is 5.56 Å². The van der Waals surface area contributed by atoms with Crippen molar-refractivity contribution >= 4 is 0 Å². The molecule has 3 rings (SSSR count). The number of ether oxygens (including phenoxy) is 1. The minimum atomic E-state index is 0.452. The SMILES string of the molecule is CCc1cccc(-c2ccc(C#N)c(OCc3ccccc3)c2)c1. The maximum atomic E-state index is 9.33. The molecule has 2 heteroatoms. The van der Waals surface area contributed by atoms with Gasteiger partial charge in [0.05, 0.1) is 5.56 Å². The van der Waals surface area contributed by atoms with E-state index in [0.29, 0.717) is 17.9 Å². The Morgan fingerprint density at radius 1 is 0.833 bits per heavy atom. The zero-order valence-electron chi connectivity index (χ0n) is 13.7. The van der Waals surface area contributed by atoms with Crippen molar-refractivity contribution in [3.63, 3.8) is 0 Å². The fraction of sp³-hybridized carbons (Fsp3) is 0.136. The van der Waals surface area contributed by atoms with Crippen molar-refractivity contribution in [1.82, 2.24) is 0 Å². The maximum Gasteiger partial charge on any atom is 0.138 e. The first kappa shape index (κ1) is 15.8. The molecule has 0 aliphatic rings. The summed E-state index contributed by atoms with van der Waals surface area (Å²) in [6.45, 7) is 2.60. The quantitative estimate of drug-likeness (QED) is 0.634. The highest BCUT2D eigenvalue weighted by Gasteiger charge is 2.07. The molecule has 0 aliphatic carbocycles. The van der Waals surface area contributed by atoms with E-state index in [-0.39, 0.29) is 0 Å². The van der Waals surface area contributed by atoms with Gasteiger partial charge in [0, 0.05) is 0 Å². The van der Waals surface area contributed by atoms with Gasteiger partial charge in [-0.2, -0.15) is 5.26 Å². The molecule has 0 saturated heterocycles. The molecule has 0 atom stereocenters. The van der Waals surface area contributed by atoms with Crippen LogP contribution in [0.2, 0.25) is 0 Å². The number of aryl methyl sites for hydroxylation is 1. The average molecular weight is 313 g/mol. The Bertz CT molecular complexity index is 863. The van der Waals surface area contributed by atoms with Crippen LogP contribution in [0.3, 0.4) is 0 Å². The van der Waals surface area contributed by atoms with E-state index in [4.69, 9.17) is 4.74 Å². The summed E-state index contributed by atoms with van der Waals surface area (Å²) in [5, 5.41) is 9.33. The van der Waals surface area contributed by atoms with Crippen LogP contribution in [0, 0.1) is 11.3 Å². The van der Waals surface area contributed by atoms with Gasteiger partial charge >= 0.3 is 0 Å². The summed E-state index contributed by atoms with van der Waals surface area (Å²) in [7, 11) is 0. The molecule has 0 saturated carbocycles. The van der Waals surface area contributed by atoms with Gasteiger partial charge in [0.25, 0.3) is 0 Å². The highest BCUT2D eigenvalue weighted by atomic mass is 16.5. The Balaban J connectivity index is 1.89. The van der Waals surface area contributed by atoms with E-state index in [1.54, 1.807) is 0 Å². The van der Waals surface area contributed by atoms with E-state index in [2.05, 4.69) is 37.3 Å². The molecule has 2 nitrogen and oxygen atoms in total. The predicted octanol–water partition coefficient (Wildman–Crippen LogP) is 5.37. The van der Waals surface area contributed by atoms with Gasteiger partial charge in [-0.1, -0.05) is 67.6 Å². The molecule has 0 aliphatic heterocycles. The Kier molecular flexibility index (Phi) is 4.93. The lowest BCUT2D eigenvalue weighted by atomic mass is 10.0. The third kappa shape index (κ3) is 3.64. The van der Waals surface area contributed by atoms with Crippen molar-refractivity contribution in [3.05, 3.63) is 89.5 Å². The van der Waals surface area contributed by atoms with Crippen LogP contribution in [0.15, 0.2) is 72.8 Å². The van der Waals surface area contributed by atoms with Crippen LogP contribution in [0.25, 0.3) is 11.1 Å². The van der Waals surface area contributed by atoms with Crippen molar-refractivity contribution in [3.8, 4) is 22.9 Å². The zero-order chi connectivity index (χ0) is 16.8. The minimum absolute atomic E-state index is 0.452. The fourth-order valence-corrected chi connectivity index (χ4v) is 2.62. The Morgan fingerprint density at radius 2 is 1.58 bits per heavy atom. The first-order valence-electron chi connectivity index (χ1n) is 8.10. The van der Waals surface area contributed by atoms with Gasteiger partial charge in [0.2, 0.25) is 0 Å². The summed E-state index contributed by atoms with van der Waals surface area (Å²) in [6.07, 6.45) is 1.00. The van der Waals surface area contributed by atoms with E-state index < -0.39 is 0 Å². The Morgan fingerprint density at radius 3 is 2.33 bits per heavy atom. The molecule has 0 radical (unpaired) electrons. The molecule has 0 fully saturated rings. The second-order valence-electron chi connectivity index (χ2n) is 5.65. The lowest BCUT2D eigenvalue weighted by Gasteiger charge is -2.11. The largest absolute Gasteiger partial charge is 0.488 e. The van der Waals surface area contributed by atoms with Crippen molar-refractivity contribution in [2.24, 2.45) is 0 Å². The maximum absolute atomic E-state index is 9.33. The number of hydrogen-bond donors (Lipinski definition) is 0. The van der Waals surface area contributed by atoms with Crippen molar-refractivity contribution in [1.29, 1.82) is 5.26 Å². The third-order valence-electron chi connectivity index (χ3n) is 4.01. The smallest absolute Gasteiger partial charge is 0.138 e. The summed E-state index contributed by atoms with van der Waals surface area (Å²) in [6, 6.07) is 26.4. The van der Waals surface area contributed by atoms with Crippen molar-refractivity contribution in [2.75, 3.05) is 0 Å². The van der Waals surface area contributed by atoms with Crippen LogP contribution in [-0.2, 0) is 13.0 Å². The van der Waals surface area contributed by atoms with Crippen LogP contribution in [0.1, 0.15) is 23.6 Å². The first-order chi connectivity index (χ1) is 11.8. The second kappa shape index (κ2) is 7.48. The van der Waals surface area contributed by atoms with Crippen LogP contribution in [0.4, 0.5) is 0 Å². The second-order valence-corrected chi connectivity index (χ2v) is 5.65. The van der Waals surface area contributed by atoms with E-state index in [0.717, 1.165) is 23.1 Å². The normalized spacial score (nSPS) is 10.2. The number of rotatable bonds is 5. The fourth-order valence-electron chi connectivity index (χ4n) is 2.62.